The van der Waals surface area contributed by atoms with E-state index in [4.69, 9.17) is 4.98 Å². The van der Waals surface area contributed by atoms with Crippen molar-refractivity contribution in [1.82, 2.24) is 14.3 Å². The lowest BCUT2D eigenvalue weighted by Crippen LogP contribution is -2.34. The van der Waals surface area contributed by atoms with Gasteiger partial charge in [-0.1, -0.05) is 43.7 Å². The Balaban J connectivity index is 1.62. The summed E-state index contributed by atoms with van der Waals surface area (Å²) in [6.45, 7) is 9.94. The van der Waals surface area contributed by atoms with Gasteiger partial charge in [0.2, 0.25) is 11.0 Å². The third-order valence-electron chi connectivity index (χ3n) is 4.85. The van der Waals surface area contributed by atoms with E-state index in [0.717, 1.165) is 49.9 Å². The summed E-state index contributed by atoms with van der Waals surface area (Å²) in [6.07, 6.45) is 3.58. The number of aromatic nitrogens is 2. The molecule has 0 saturated carbocycles. The van der Waals surface area contributed by atoms with Crippen molar-refractivity contribution < 1.29 is 4.79 Å². The quantitative estimate of drug-likeness (QED) is 0.690. The van der Waals surface area contributed by atoms with E-state index in [0.29, 0.717) is 18.9 Å². The molecule has 2 aromatic rings. The molecule has 6 heteroatoms. The lowest BCUT2D eigenvalue weighted by Gasteiger charge is -2.24. The first-order valence-electron chi connectivity index (χ1n) is 9.92. The number of hydrogen-bond donors (Lipinski definition) is 0. The number of hydrogen-bond acceptors (Lipinski definition) is 5. The molecular formula is C21H30N4OS. The van der Waals surface area contributed by atoms with Crippen LogP contribution in [-0.2, 0) is 11.2 Å². The van der Waals surface area contributed by atoms with Crippen molar-refractivity contribution in [3.05, 3.63) is 41.2 Å². The van der Waals surface area contributed by atoms with Crippen LogP contribution < -0.4 is 4.90 Å². The predicted octanol–water partition coefficient (Wildman–Crippen LogP) is 3.91. The van der Waals surface area contributed by atoms with E-state index in [-0.39, 0.29) is 5.91 Å². The van der Waals surface area contributed by atoms with Crippen molar-refractivity contribution >= 4 is 22.6 Å². The van der Waals surface area contributed by atoms with E-state index < -0.39 is 0 Å². The Labute approximate surface area is 166 Å². The van der Waals surface area contributed by atoms with Gasteiger partial charge in [0.25, 0.3) is 0 Å². The average molecular weight is 387 g/mol. The zero-order valence-electron chi connectivity index (χ0n) is 16.6. The molecule has 1 aliphatic heterocycles. The standard InChI is InChI=1S/C21H30N4OS/c1-16(2)15-25(13-10-20(26)24-11-4-5-12-24)21-22-19(23-27-21)14-18-8-6-17(3)7-9-18/h6-9,16H,4-5,10-15H2,1-3H3. The summed E-state index contributed by atoms with van der Waals surface area (Å²) in [5, 5.41) is 0.931. The van der Waals surface area contributed by atoms with Gasteiger partial charge < -0.3 is 9.80 Å². The Bertz CT molecular complexity index is 735. The van der Waals surface area contributed by atoms with Crippen molar-refractivity contribution in [2.24, 2.45) is 5.92 Å². The minimum absolute atomic E-state index is 0.269. The lowest BCUT2D eigenvalue weighted by atomic mass is 10.1. The predicted molar refractivity (Wildman–Crippen MR) is 111 cm³/mol. The fourth-order valence-electron chi connectivity index (χ4n) is 3.39. The largest absolute Gasteiger partial charge is 0.346 e. The van der Waals surface area contributed by atoms with Crippen molar-refractivity contribution in [3.63, 3.8) is 0 Å². The van der Waals surface area contributed by atoms with Crippen LogP contribution in [0.25, 0.3) is 0 Å². The number of anilines is 1. The summed E-state index contributed by atoms with van der Waals surface area (Å²) in [6, 6.07) is 8.52. The van der Waals surface area contributed by atoms with Gasteiger partial charge in [-0.3, -0.25) is 4.79 Å². The maximum atomic E-state index is 12.4. The van der Waals surface area contributed by atoms with Gasteiger partial charge >= 0.3 is 0 Å². The van der Waals surface area contributed by atoms with Gasteiger partial charge in [0, 0.05) is 50.6 Å². The third-order valence-corrected chi connectivity index (χ3v) is 5.67. The van der Waals surface area contributed by atoms with Crippen LogP contribution in [0.2, 0.25) is 0 Å². The van der Waals surface area contributed by atoms with E-state index in [9.17, 15) is 4.79 Å². The fraction of sp³-hybridized carbons (Fsp3) is 0.571. The maximum Gasteiger partial charge on any atom is 0.224 e. The molecule has 0 spiro atoms. The molecule has 3 rings (SSSR count). The highest BCUT2D eigenvalue weighted by Crippen LogP contribution is 2.21. The Hall–Kier alpha value is -1.95. The summed E-state index contributed by atoms with van der Waals surface area (Å²) < 4.78 is 4.56. The van der Waals surface area contributed by atoms with Crippen molar-refractivity contribution in [2.45, 2.75) is 46.5 Å². The van der Waals surface area contributed by atoms with Crippen LogP contribution in [0.4, 0.5) is 5.13 Å². The second kappa shape index (κ2) is 9.31. The van der Waals surface area contributed by atoms with Crippen LogP contribution in [-0.4, -0.2) is 46.3 Å². The molecule has 1 saturated heterocycles. The van der Waals surface area contributed by atoms with Crippen LogP contribution in [0.15, 0.2) is 24.3 Å². The summed E-state index contributed by atoms with van der Waals surface area (Å²) in [4.78, 5) is 21.4. The van der Waals surface area contributed by atoms with E-state index >= 15 is 0 Å². The number of nitrogens with zero attached hydrogens (tertiary/aromatic N) is 4. The van der Waals surface area contributed by atoms with E-state index in [1.165, 1.54) is 22.7 Å². The molecular weight excluding hydrogens is 356 g/mol. The van der Waals surface area contributed by atoms with Crippen LogP contribution in [0.3, 0.4) is 0 Å². The summed E-state index contributed by atoms with van der Waals surface area (Å²) in [7, 11) is 0. The highest BCUT2D eigenvalue weighted by atomic mass is 32.1. The Kier molecular flexibility index (Phi) is 6.83. The van der Waals surface area contributed by atoms with Crippen molar-refractivity contribution in [1.29, 1.82) is 0 Å². The molecule has 0 unspecified atom stereocenters. The van der Waals surface area contributed by atoms with Gasteiger partial charge in [0.15, 0.2) is 0 Å². The van der Waals surface area contributed by atoms with Gasteiger partial charge in [-0.05, 0) is 31.2 Å². The minimum Gasteiger partial charge on any atom is -0.346 e. The van der Waals surface area contributed by atoms with Gasteiger partial charge in [0.1, 0.15) is 5.82 Å². The van der Waals surface area contributed by atoms with Gasteiger partial charge in [-0.15, -0.1) is 0 Å². The topological polar surface area (TPSA) is 49.3 Å². The highest BCUT2D eigenvalue weighted by molar-refractivity contribution is 7.09. The molecule has 0 atom stereocenters. The second-order valence-corrected chi connectivity index (χ2v) is 8.56. The lowest BCUT2D eigenvalue weighted by molar-refractivity contribution is -0.129. The molecule has 0 aliphatic carbocycles. The first-order valence-corrected chi connectivity index (χ1v) is 10.7. The first-order chi connectivity index (χ1) is 13.0. The summed E-state index contributed by atoms with van der Waals surface area (Å²) in [5.74, 6) is 1.64. The second-order valence-electron chi connectivity index (χ2n) is 7.83. The zero-order chi connectivity index (χ0) is 19.2. The van der Waals surface area contributed by atoms with E-state index in [1.54, 1.807) is 0 Å². The normalized spacial score (nSPS) is 14.1. The van der Waals surface area contributed by atoms with Crippen LogP contribution in [0.5, 0.6) is 0 Å². The zero-order valence-corrected chi connectivity index (χ0v) is 17.5. The van der Waals surface area contributed by atoms with Gasteiger partial charge in [-0.2, -0.15) is 4.37 Å². The number of benzene rings is 1. The molecule has 146 valence electrons. The monoisotopic (exact) mass is 386 g/mol. The Morgan fingerprint density at radius 1 is 1.22 bits per heavy atom. The molecule has 1 amide bonds. The van der Waals surface area contributed by atoms with Gasteiger partial charge in [0.05, 0.1) is 0 Å². The number of rotatable bonds is 8. The molecule has 27 heavy (non-hydrogen) atoms. The molecule has 2 heterocycles. The van der Waals surface area contributed by atoms with Crippen molar-refractivity contribution in [3.8, 4) is 0 Å². The van der Waals surface area contributed by atoms with Crippen LogP contribution in [0.1, 0.15) is 50.1 Å². The van der Waals surface area contributed by atoms with Crippen molar-refractivity contribution in [2.75, 3.05) is 31.1 Å². The molecule has 5 nitrogen and oxygen atoms in total. The first kappa shape index (κ1) is 19.8. The van der Waals surface area contributed by atoms with Crippen LogP contribution >= 0.6 is 11.5 Å². The summed E-state index contributed by atoms with van der Waals surface area (Å²) in [5.41, 5.74) is 2.49. The van der Waals surface area contributed by atoms with Crippen LogP contribution in [0, 0.1) is 12.8 Å². The SMILES string of the molecule is Cc1ccc(Cc2nsc(N(CCC(=O)N3CCCC3)CC(C)C)n2)cc1. The highest BCUT2D eigenvalue weighted by Gasteiger charge is 2.20. The van der Waals surface area contributed by atoms with E-state index in [2.05, 4.69) is 54.3 Å². The third kappa shape index (κ3) is 5.76. The number of aryl methyl sites for hydroxylation is 1. The summed E-state index contributed by atoms with van der Waals surface area (Å²) >= 11 is 1.45. The molecule has 1 aromatic heterocycles. The van der Waals surface area contributed by atoms with E-state index in [1.807, 2.05) is 4.90 Å². The number of likely N-dealkylation sites (tertiary alicyclic amines) is 1. The minimum atomic E-state index is 0.269. The molecule has 1 aromatic carbocycles. The molecule has 0 radical (unpaired) electrons. The molecule has 0 bridgehead atoms. The average Bonchev–Trinajstić information content (AvgIpc) is 3.32. The number of carbonyl (C=O) groups is 1. The number of carbonyl (C=O) groups excluding carboxylic acids is 1. The van der Waals surface area contributed by atoms with Gasteiger partial charge in [-0.25, -0.2) is 4.98 Å². The maximum absolute atomic E-state index is 12.4. The number of amides is 1. The Morgan fingerprint density at radius 3 is 2.59 bits per heavy atom. The smallest absolute Gasteiger partial charge is 0.224 e. The molecule has 1 fully saturated rings. The molecule has 1 aliphatic rings. The molecule has 0 N–H and O–H groups in total. The Morgan fingerprint density at radius 2 is 1.93 bits per heavy atom. The fourth-order valence-corrected chi connectivity index (χ4v) is 4.11.